The normalized spacial score (nSPS) is 17.5. The minimum absolute atomic E-state index is 0.0572. The molecular weight excluding hydrogens is 316 g/mol. The van der Waals surface area contributed by atoms with Crippen molar-refractivity contribution in [1.29, 1.82) is 0 Å². The summed E-state index contributed by atoms with van der Waals surface area (Å²) in [4.78, 5) is 18.5. The maximum Gasteiger partial charge on any atom is 0.317 e. The monoisotopic (exact) mass is 342 g/mol. The first-order valence-electron chi connectivity index (χ1n) is 9.13. The molecule has 1 aromatic heterocycles. The Labute approximate surface area is 148 Å². The van der Waals surface area contributed by atoms with Crippen molar-refractivity contribution >= 4 is 6.03 Å². The molecule has 2 heterocycles. The van der Waals surface area contributed by atoms with Crippen LogP contribution in [0, 0.1) is 0 Å². The van der Waals surface area contributed by atoms with Gasteiger partial charge in [0, 0.05) is 31.1 Å². The molecule has 0 radical (unpaired) electrons. The predicted molar refractivity (Wildman–Crippen MR) is 96.2 cm³/mol. The number of rotatable bonds is 5. The summed E-state index contributed by atoms with van der Waals surface area (Å²) in [5.74, 6) is 1.27. The summed E-state index contributed by atoms with van der Waals surface area (Å²) in [6.07, 6.45) is 4.99. The van der Waals surface area contributed by atoms with Crippen molar-refractivity contribution in [1.82, 2.24) is 20.4 Å². The maximum atomic E-state index is 12.3. The van der Waals surface area contributed by atoms with Gasteiger partial charge in [0.1, 0.15) is 0 Å². The van der Waals surface area contributed by atoms with Crippen LogP contribution in [0.15, 0.2) is 28.8 Å². The molecule has 3 rings (SSSR count). The van der Waals surface area contributed by atoms with E-state index in [1.165, 1.54) is 12.0 Å². The molecule has 1 aromatic carbocycles. The van der Waals surface area contributed by atoms with Crippen molar-refractivity contribution in [3.05, 3.63) is 35.7 Å². The highest BCUT2D eigenvalue weighted by Crippen LogP contribution is 2.18. The molecule has 0 bridgehead atoms. The van der Waals surface area contributed by atoms with Gasteiger partial charge in [-0.25, -0.2) is 4.79 Å². The van der Waals surface area contributed by atoms with Crippen LogP contribution in [0.1, 0.15) is 44.5 Å². The van der Waals surface area contributed by atoms with E-state index < -0.39 is 0 Å². The van der Waals surface area contributed by atoms with Crippen LogP contribution in [0.4, 0.5) is 4.79 Å². The van der Waals surface area contributed by atoms with Crippen LogP contribution >= 0.6 is 0 Å². The highest BCUT2D eigenvalue weighted by molar-refractivity contribution is 5.74. The number of carbonyl (C=O) groups is 1. The molecule has 25 heavy (non-hydrogen) atoms. The quantitative estimate of drug-likeness (QED) is 0.904. The Morgan fingerprint density at radius 1 is 1.32 bits per heavy atom. The molecule has 1 aliphatic heterocycles. The summed E-state index contributed by atoms with van der Waals surface area (Å²) in [5, 5.41) is 6.95. The maximum absolute atomic E-state index is 12.3. The number of amides is 2. The number of benzene rings is 1. The molecule has 0 aliphatic carbocycles. The Balaban J connectivity index is 1.49. The fourth-order valence-electron chi connectivity index (χ4n) is 3.14. The van der Waals surface area contributed by atoms with Gasteiger partial charge < -0.3 is 14.7 Å². The SMILES string of the molecule is CCc1noc(-c2ccc(CCNC(=O)N3CCCCC3C)cc2)n1. The standard InChI is InChI=1S/C19H26N4O2/c1-3-17-21-18(25-22-17)16-9-7-15(8-10-16)11-12-20-19(24)23-13-5-4-6-14(23)2/h7-10,14H,3-6,11-13H2,1-2H3,(H,20,24). The molecule has 1 unspecified atom stereocenters. The minimum atomic E-state index is 0.0572. The lowest BCUT2D eigenvalue weighted by Crippen LogP contribution is -2.47. The number of likely N-dealkylation sites (tertiary alicyclic amines) is 1. The van der Waals surface area contributed by atoms with E-state index in [-0.39, 0.29) is 6.03 Å². The van der Waals surface area contributed by atoms with E-state index in [1.807, 2.05) is 36.1 Å². The van der Waals surface area contributed by atoms with Gasteiger partial charge in [-0.15, -0.1) is 0 Å². The van der Waals surface area contributed by atoms with Gasteiger partial charge in [0.25, 0.3) is 5.89 Å². The summed E-state index contributed by atoms with van der Waals surface area (Å²) < 4.78 is 5.25. The zero-order valence-corrected chi connectivity index (χ0v) is 15.0. The number of nitrogens with zero attached hydrogens (tertiary/aromatic N) is 3. The van der Waals surface area contributed by atoms with Gasteiger partial charge >= 0.3 is 6.03 Å². The summed E-state index contributed by atoms with van der Waals surface area (Å²) in [7, 11) is 0. The average Bonchev–Trinajstić information content (AvgIpc) is 3.12. The molecular formula is C19H26N4O2. The summed E-state index contributed by atoms with van der Waals surface area (Å²) in [5.41, 5.74) is 2.09. The predicted octanol–water partition coefficient (Wildman–Crippen LogP) is 3.43. The van der Waals surface area contributed by atoms with E-state index in [2.05, 4.69) is 22.4 Å². The van der Waals surface area contributed by atoms with Crippen LogP contribution in [0.25, 0.3) is 11.5 Å². The number of aryl methyl sites for hydroxylation is 1. The molecule has 0 spiro atoms. The van der Waals surface area contributed by atoms with Crippen molar-refractivity contribution in [2.45, 2.75) is 52.0 Å². The van der Waals surface area contributed by atoms with Gasteiger partial charge in [-0.3, -0.25) is 0 Å². The molecule has 1 fully saturated rings. The third-order valence-electron chi connectivity index (χ3n) is 4.74. The first-order chi connectivity index (χ1) is 12.2. The second-order valence-corrected chi connectivity index (χ2v) is 6.59. The second-order valence-electron chi connectivity index (χ2n) is 6.59. The van der Waals surface area contributed by atoms with E-state index in [4.69, 9.17) is 4.52 Å². The van der Waals surface area contributed by atoms with Crippen LogP contribution in [-0.2, 0) is 12.8 Å². The molecule has 1 atom stereocenters. The summed E-state index contributed by atoms with van der Waals surface area (Å²) in [6.45, 7) is 5.63. The molecule has 1 N–H and O–H groups in total. The van der Waals surface area contributed by atoms with E-state index in [1.54, 1.807) is 0 Å². The van der Waals surface area contributed by atoms with Crippen molar-refractivity contribution in [3.8, 4) is 11.5 Å². The van der Waals surface area contributed by atoms with Crippen LogP contribution < -0.4 is 5.32 Å². The molecule has 6 heteroatoms. The second kappa shape index (κ2) is 8.14. The van der Waals surface area contributed by atoms with E-state index in [0.29, 0.717) is 24.3 Å². The lowest BCUT2D eigenvalue weighted by molar-refractivity contribution is 0.158. The third-order valence-corrected chi connectivity index (χ3v) is 4.74. The van der Waals surface area contributed by atoms with Crippen LogP contribution in [0.5, 0.6) is 0 Å². The van der Waals surface area contributed by atoms with Crippen molar-refractivity contribution in [3.63, 3.8) is 0 Å². The van der Waals surface area contributed by atoms with E-state index >= 15 is 0 Å². The lowest BCUT2D eigenvalue weighted by atomic mass is 10.0. The highest BCUT2D eigenvalue weighted by atomic mass is 16.5. The number of urea groups is 1. The third kappa shape index (κ3) is 4.38. The summed E-state index contributed by atoms with van der Waals surface area (Å²) >= 11 is 0. The van der Waals surface area contributed by atoms with Crippen molar-refractivity contribution in [2.75, 3.05) is 13.1 Å². The molecule has 1 saturated heterocycles. The van der Waals surface area contributed by atoms with Crippen molar-refractivity contribution in [2.24, 2.45) is 0 Å². The molecule has 1 aliphatic rings. The highest BCUT2D eigenvalue weighted by Gasteiger charge is 2.22. The van der Waals surface area contributed by atoms with Gasteiger partial charge in [-0.05, 0) is 50.3 Å². The Morgan fingerprint density at radius 3 is 2.80 bits per heavy atom. The minimum Gasteiger partial charge on any atom is -0.338 e. The van der Waals surface area contributed by atoms with Gasteiger partial charge in [0.2, 0.25) is 0 Å². The number of hydrogen-bond acceptors (Lipinski definition) is 4. The fraction of sp³-hybridized carbons (Fsp3) is 0.526. The fourth-order valence-corrected chi connectivity index (χ4v) is 3.14. The number of aromatic nitrogens is 2. The van der Waals surface area contributed by atoms with Gasteiger partial charge in [-0.2, -0.15) is 4.98 Å². The van der Waals surface area contributed by atoms with E-state index in [0.717, 1.165) is 37.8 Å². The Bertz CT molecular complexity index is 696. The van der Waals surface area contributed by atoms with Gasteiger partial charge in [0.05, 0.1) is 0 Å². The lowest BCUT2D eigenvalue weighted by Gasteiger charge is -2.33. The smallest absolute Gasteiger partial charge is 0.317 e. The van der Waals surface area contributed by atoms with Gasteiger partial charge in [0.15, 0.2) is 5.82 Å². The number of piperidine rings is 1. The average molecular weight is 342 g/mol. The zero-order chi connectivity index (χ0) is 17.6. The molecule has 0 saturated carbocycles. The van der Waals surface area contributed by atoms with Gasteiger partial charge in [-0.1, -0.05) is 24.2 Å². The Morgan fingerprint density at radius 2 is 2.12 bits per heavy atom. The number of nitrogens with one attached hydrogen (secondary N) is 1. The Hall–Kier alpha value is -2.37. The molecule has 2 amide bonds. The van der Waals surface area contributed by atoms with Crippen LogP contribution in [0.2, 0.25) is 0 Å². The molecule has 6 nitrogen and oxygen atoms in total. The zero-order valence-electron chi connectivity index (χ0n) is 15.0. The first-order valence-corrected chi connectivity index (χ1v) is 9.13. The van der Waals surface area contributed by atoms with E-state index in [9.17, 15) is 4.79 Å². The molecule has 2 aromatic rings. The van der Waals surface area contributed by atoms with Crippen LogP contribution in [-0.4, -0.2) is 40.2 Å². The van der Waals surface area contributed by atoms with Crippen molar-refractivity contribution < 1.29 is 9.32 Å². The molecule has 134 valence electrons. The summed E-state index contributed by atoms with van der Waals surface area (Å²) in [6, 6.07) is 8.45. The first kappa shape index (κ1) is 17.5. The van der Waals surface area contributed by atoms with Crippen LogP contribution in [0.3, 0.4) is 0 Å². The number of hydrogen-bond donors (Lipinski definition) is 1. The largest absolute Gasteiger partial charge is 0.338 e. The number of carbonyl (C=O) groups excluding carboxylic acids is 1. The Kier molecular flexibility index (Phi) is 5.68. The topological polar surface area (TPSA) is 71.3 Å².